The Labute approximate surface area is 103 Å². The van der Waals surface area contributed by atoms with Crippen LogP contribution < -0.4 is 4.90 Å². The smallest absolute Gasteiger partial charge is 0.342 e. The molecule has 0 spiro atoms. The van der Waals surface area contributed by atoms with Crippen LogP contribution in [0.4, 0.5) is 11.4 Å². The van der Waals surface area contributed by atoms with Gasteiger partial charge in [0.25, 0.3) is 5.69 Å². The molecule has 3 rings (SSSR count). The van der Waals surface area contributed by atoms with Crippen LogP contribution in [0.3, 0.4) is 0 Å². The summed E-state index contributed by atoms with van der Waals surface area (Å²) in [6, 6.07) is 4.37. The summed E-state index contributed by atoms with van der Waals surface area (Å²) in [5.41, 5.74) is 0.963. The number of esters is 1. The van der Waals surface area contributed by atoms with Gasteiger partial charge in [0, 0.05) is 25.1 Å². The highest BCUT2D eigenvalue weighted by Crippen LogP contribution is 2.35. The number of hydrogen-bond donors (Lipinski definition) is 0. The van der Waals surface area contributed by atoms with E-state index in [2.05, 4.69) is 0 Å². The van der Waals surface area contributed by atoms with Crippen LogP contribution in [0, 0.1) is 10.1 Å². The predicted molar refractivity (Wildman–Crippen MR) is 63.5 cm³/mol. The van der Waals surface area contributed by atoms with Crippen molar-refractivity contribution < 1.29 is 14.5 Å². The normalized spacial score (nSPS) is 21.9. The molecule has 0 aliphatic carbocycles. The molecule has 18 heavy (non-hydrogen) atoms. The number of nitro benzene ring substituents is 1. The average Bonchev–Trinajstić information content (AvgIpc) is 2.38. The van der Waals surface area contributed by atoms with E-state index in [9.17, 15) is 14.9 Å². The van der Waals surface area contributed by atoms with Gasteiger partial charge in [-0.15, -0.1) is 0 Å². The summed E-state index contributed by atoms with van der Waals surface area (Å²) >= 11 is 0. The molecule has 1 unspecified atom stereocenters. The number of nitro groups is 1. The van der Waals surface area contributed by atoms with Crippen molar-refractivity contribution in [2.75, 3.05) is 11.4 Å². The Morgan fingerprint density at radius 3 is 3.00 bits per heavy atom. The number of non-ortho nitro benzene ring substituents is 1. The summed E-state index contributed by atoms with van der Waals surface area (Å²) in [5.74, 6) is -0.461. The molecule has 2 aliphatic heterocycles. The fourth-order valence-electron chi connectivity index (χ4n) is 2.54. The first kappa shape index (κ1) is 11.0. The van der Waals surface area contributed by atoms with Gasteiger partial charge in [-0.2, -0.15) is 0 Å². The van der Waals surface area contributed by atoms with Crippen LogP contribution in [0.1, 0.15) is 29.6 Å². The molecule has 0 aromatic heterocycles. The summed E-state index contributed by atoms with van der Waals surface area (Å²) in [6.45, 7) is 0.822. The molecule has 94 valence electrons. The van der Waals surface area contributed by atoms with Crippen LogP contribution in [-0.2, 0) is 4.74 Å². The molecule has 0 bridgehead atoms. The number of benzene rings is 1. The number of hydrogen-bond acceptors (Lipinski definition) is 5. The topological polar surface area (TPSA) is 72.7 Å². The number of carbonyl (C=O) groups is 1. The van der Waals surface area contributed by atoms with E-state index < -0.39 is 10.9 Å². The molecule has 1 atom stereocenters. The van der Waals surface area contributed by atoms with Crippen molar-refractivity contribution in [3.05, 3.63) is 33.9 Å². The average molecular weight is 248 g/mol. The third-order valence-corrected chi connectivity index (χ3v) is 3.41. The maximum Gasteiger partial charge on any atom is 0.342 e. The van der Waals surface area contributed by atoms with Gasteiger partial charge < -0.3 is 9.64 Å². The molecular formula is C12H12N2O4. The van der Waals surface area contributed by atoms with Crippen LogP contribution in [0.15, 0.2) is 18.2 Å². The van der Waals surface area contributed by atoms with Crippen molar-refractivity contribution in [2.24, 2.45) is 0 Å². The van der Waals surface area contributed by atoms with Crippen LogP contribution >= 0.6 is 0 Å². The molecule has 1 saturated heterocycles. The largest absolute Gasteiger partial charge is 0.438 e. The monoisotopic (exact) mass is 248 g/mol. The van der Waals surface area contributed by atoms with E-state index in [1.807, 2.05) is 4.90 Å². The minimum atomic E-state index is -0.504. The minimum absolute atomic E-state index is 0.0823. The van der Waals surface area contributed by atoms with Gasteiger partial charge in [0.05, 0.1) is 16.2 Å². The number of nitrogens with zero attached hydrogens (tertiary/aromatic N) is 2. The first-order chi connectivity index (χ1) is 8.66. The lowest BCUT2D eigenvalue weighted by molar-refractivity contribution is -0.384. The summed E-state index contributed by atoms with van der Waals surface area (Å²) < 4.78 is 5.32. The van der Waals surface area contributed by atoms with Crippen LogP contribution in [0.25, 0.3) is 0 Å². The highest BCUT2D eigenvalue weighted by Gasteiger charge is 2.35. The molecule has 1 aromatic rings. The molecule has 1 fully saturated rings. The zero-order valence-corrected chi connectivity index (χ0v) is 9.67. The molecule has 0 radical (unpaired) electrons. The molecule has 0 N–H and O–H groups in total. The Balaban J connectivity index is 2.06. The Bertz CT molecular complexity index is 529. The van der Waals surface area contributed by atoms with Gasteiger partial charge >= 0.3 is 5.97 Å². The first-order valence-electron chi connectivity index (χ1n) is 5.93. The number of rotatable bonds is 1. The third kappa shape index (κ3) is 1.61. The van der Waals surface area contributed by atoms with Crippen LogP contribution in [-0.4, -0.2) is 23.7 Å². The maximum absolute atomic E-state index is 11.8. The van der Waals surface area contributed by atoms with E-state index in [-0.39, 0.29) is 11.9 Å². The number of ether oxygens (including phenoxy) is 1. The van der Waals surface area contributed by atoms with E-state index in [1.165, 1.54) is 12.1 Å². The lowest BCUT2D eigenvalue weighted by Crippen LogP contribution is -2.46. The van der Waals surface area contributed by atoms with Crippen LogP contribution in [0.5, 0.6) is 0 Å². The maximum atomic E-state index is 11.8. The molecule has 6 nitrogen and oxygen atoms in total. The lowest BCUT2D eigenvalue weighted by atomic mass is 10.0. The van der Waals surface area contributed by atoms with Crippen molar-refractivity contribution in [2.45, 2.75) is 25.5 Å². The zero-order valence-electron chi connectivity index (χ0n) is 9.67. The Kier molecular flexibility index (Phi) is 2.43. The quantitative estimate of drug-likeness (QED) is 0.432. The highest BCUT2D eigenvalue weighted by molar-refractivity contribution is 5.98. The second kappa shape index (κ2) is 3.97. The molecule has 2 heterocycles. The van der Waals surface area contributed by atoms with Crippen molar-refractivity contribution in [3.63, 3.8) is 0 Å². The summed E-state index contributed by atoms with van der Waals surface area (Å²) in [7, 11) is 0. The Morgan fingerprint density at radius 2 is 2.22 bits per heavy atom. The summed E-state index contributed by atoms with van der Waals surface area (Å²) in [5, 5.41) is 10.7. The van der Waals surface area contributed by atoms with E-state index in [0.717, 1.165) is 31.5 Å². The van der Waals surface area contributed by atoms with Gasteiger partial charge in [-0.05, 0) is 18.9 Å². The molecule has 2 aliphatic rings. The summed E-state index contributed by atoms with van der Waals surface area (Å²) in [4.78, 5) is 24.1. The SMILES string of the molecule is O=C1OC2CCCCN2c2ccc([N+](=O)[O-])cc21. The van der Waals surface area contributed by atoms with Gasteiger partial charge in [-0.1, -0.05) is 0 Å². The standard InChI is InChI=1S/C12H12N2O4/c15-12-9-7-8(14(16)17)4-5-10(9)13-6-2-1-3-11(13)18-12/h4-5,7,11H,1-3,6H2. The number of carbonyl (C=O) groups excluding carboxylic acids is 1. The zero-order chi connectivity index (χ0) is 12.7. The lowest BCUT2D eigenvalue weighted by Gasteiger charge is -2.40. The Morgan fingerprint density at radius 1 is 1.39 bits per heavy atom. The van der Waals surface area contributed by atoms with E-state index in [0.29, 0.717) is 5.56 Å². The van der Waals surface area contributed by atoms with Gasteiger partial charge in [-0.25, -0.2) is 4.79 Å². The van der Waals surface area contributed by atoms with Crippen molar-refractivity contribution in [1.82, 2.24) is 0 Å². The van der Waals surface area contributed by atoms with Crippen molar-refractivity contribution in [3.8, 4) is 0 Å². The second-order valence-corrected chi connectivity index (χ2v) is 4.51. The minimum Gasteiger partial charge on any atom is -0.438 e. The Hall–Kier alpha value is -2.11. The predicted octanol–water partition coefficient (Wildman–Crippen LogP) is 2.08. The van der Waals surface area contributed by atoms with Gasteiger partial charge in [0.2, 0.25) is 0 Å². The second-order valence-electron chi connectivity index (χ2n) is 4.51. The number of anilines is 1. The molecule has 0 saturated carbocycles. The highest BCUT2D eigenvalue weighted by atomic mass is 16.6. The first-order valence-corrected chi connectivity index (χ1v) is 5.93. The number of piperidine rings is 1. The van der Waals surface area contributed by atoms with E-state index in [1.54, 1.807) is 6.07 Å². The van der Waals surface area contributed by atoms with Crippen LogP contribution in [0.2, 0.25) is 0 Å². The van der Waals surface area contributed by atoms with Gasteiger partial charge in [0.15, 0.2) is 6.23 Å². The molecule has 6 heteroatoms. The van der Waals surface area contributed by atoms with E-state index in [4.69, 9.17) is 4.74 Å². The fraction of sp³-hybridized carbons (Fsp3) is 0.417. The summed E-state index contributed by atoms with van der Waals surface area (Å²) in [6.07, 6.45) is 2.70. The molecule has 0 amide bonds. The molecular weight excluding hydrogens is 236 g/mol. The van der Waals surface area contributed by atoms with Crippen molar-refractivity contribution >= 4 is 17.3 Å². The number of fused-ring (bicyclic) bond motifs is 3. The third-order valence-electron chi connectivity index (χ3n) is 3.41. The van der Waals surface area contributed by atoms with Gasteiger partial charge in [-0.3, -0.25) is 10.1 Å². The van der Waals surface area contributed by atoms with Crippen molar-refractivity contribution in [1.29, 1.82) is 0 Å². The fourth-order valence-corrected chi connectivity index (χ4v) is 2.54. The van der Waals surface area contributed by atoms with E-state index >= 15 is 0 Å². The van der Waals surface area contributed by atoms with Gasteiger partial charge in [0.1, 0.15) is 0 Å². The molecule has 1 aromatic carbocycles.